The molecule has 7 nitrogen and oxygen atoms in total. The summed E-state index contributed by atoms with van der Waals surface area (Å²) in [5.74, 6) is -2.85. The molecule has 132 valence electrons. The first-order valence-electron chi connectivity index (χ1n) is 6.66. The van der Waals surface area contributed by atoms with Crippen LogP contribution in [0, 0.1) is 0 Å². The Balaban J connectivity index is 2.67. The van der Waals surface area contributed by atoms with Crippen LogP contribution in [0.25, 0.3) is 0 Å². The van der Waals surface area contributed by atoms with Crippen LogP contribution in [0.15, 0.2) is 47.4 Å². The molecule has 0 atom stereocenters. The predicted octanol–water partition coefficient (Wildman–Crippen LogP) is 2.97. The van der Waals surface area contributed by atoms with Crippen molar-refractivity contribution in [1.29, 1.82) is 0 Å². The van der Waals surface area contributed by atoms with Gasteiger partial charge in [0.05, 0.1) is 26.2 Å². The summed E-state index contributed by atoms with van der Waals surface area (Å²) in [6.45, 7) is -0.965. The normalized spacial score (nSPS) is 11.1. The number of carboxylic acid groups (broad SMARTS) is 2. The fourth-order valence-corrected chi connectivity index (χ4v) is 3.88. The van der Waals surface area contributed by atoms with Gasteiger partial charge in [-0.25, -0.2) is 13.2 Å². The predicted molar refractivity (Wildman–Crippen MR) is 92.0 cm³/mol. The molecule has 0 heterocycles. The van der Waals surface area contributed by atoms with Crippen molar-refractivity contribution in [3.05, 3.63) is 58.1 Å². The maximum atomic E-state index is 12.9. The van der Waals surface area contributed by atoms with Crippen molar-refractivity contribution >= 4 is 50.9 Å². The van der Waals surface area contributed by atoms with Gasteiger partial charge in [-0.05, 0) is 30.3 Å². The summed E-state index contributed by atoms with van der Waals surface area (Å²) in [4.78, 5) is 22.2. The van der Waals surface area contributed by atoms with E-state index in [4.69, 9.17) is 28.3 Å². The standard InChI is InChI=1S/C15H11Cl2NO6S/c16-11-6-5-9(7-12(11)17)25(23,24)18(8-14(19)20)13-4-2-1-3-10(13)15(21)22/h1-7H,8H2,(H,19,20)(H,21,22). The Morgan fingerprint density at radius 2 is 1.64 bits per heavy atom. The van der Waals surface area contributed by atoms with E-state index in [-0.39, 0.29) is 26.2 Å². The number of benzene rings is 2. The van der Waals surface area contributed by atoms with Crippen LogP contribution in [0.4, 0.5) is 5.69 Å². The van der Waals surface area contributed by atoms with E-state index in [0.29, 0.717) is 4.31 Å². The Hall–Kier alpha value is -2.29. The number of halogens is 2. The molecule has 25 heavy (non-hydrogen) atoms. The highest BCUT2D eigenvalue weighted by Crippen LogP contribution is 2.30. The van der Waals surface area contributed by atoms with Gasteiger partial charge in [-0.2, -0.15) is 0 Å². The Labute approximate surface area is 153 Å². The van der Waals surface area contributed by atoms with Gasteiger partial charge in [0.1, 0.15) is 6.54 Å². The molecule has 2 aromatic rings. The van der Waals surface area contributed by atoms with Gasteiger partial charge in [0, 0.05) is 0 Å². The minimum atomic E-state index is -4.40. The van der Waals surface area contributed by atoms with Gasteiger partial charge in [-0.3, -0.25) is 9.10 Å². The van der Waals surface area contributed by atoms with E-state index >= 15 is 0 Å². The molecule has 0 bridgehead atoms. The molecule has 2 N–H and O–H groups in total. The number of nitrogens with zero attached hydrogens (tertiary/aromatic N) is 1. The molecule has 2 aromatic carbocycles. The average Bonchev–Trinajstić information content (AvgIpc) is 2.54. The molecule has 0 aliphatic carbocycles. The monoisotopic (exact) mass is 403 g/mol. The number of para-hydroxylation sites is 1. The van der Waals surface area contributed by atoms with E-state index in [1.165, 1.54) is 30.3 Å². The largest absolute Gasteiger partial charge is 0.480 e. The van der Waals surface area contributed by atoms with E-state index in [9.17, 15) is 23.1 Å². The van der Waals surface area contributed by atoms with Crippen molar-refractivity contribution in [1.82, 2.24) is 0 Å². The molecule has 10 heteroatoms. The molecule has 0 spiro atoms. The second-order valence-electron chi connectivity index (χ2n) is 4.80. The molecule has 2 rings (SSSR count). The molecule has 0 aliphatic heterocycles. The molecule has 0 fully saturated rings. The second kappa shape index (κ2) is 7.30. The number of aliphatic carboxylic acids is 1. The van der Waals surface area contributed by atoms with Gasteiger partial charge in [0.15, 0.2) is 0 Å². The summed E-state index contributed by atoms with van der Waals surface area (Å²) >= 11 is 11.6. The fraction of sp³-hybridized carbons (Fsp3) is 0.0667. The van der Waals surface area contributed by atoms with Crippen molar-refractivity contribution in [2.24, 2.45) is 0 Å². The van der Waals surface area contributed by atoms with Crippen LogP contribution in [-0.4, -0.2) is 37.1 Å². The van der Waals surface area contributed by atoms with E-state index in [1.807, 2.05) is 0 Å². The Morgan fingerprint density at radius 1 is 1.00 bits per heavy atom. The molecule has 0 amide bonds. The third-order valence-electron chi connectivity index (χ3n) is 3.16. The van der Waals surface area contributed by atoms with Gasteiger partial charge < -0.3 is 10.2 Å². The number of carbonyl (C=O) groups is 2. The lowest BCUT2D eigenvalue weighted by atomic mass is 10.2. The molecular formula is C15H11Cl2NO6S. The topological polar surface area (TPSA) is 112 Å². The van der Waals surface area contributed by atoms with Gasteiger partial charge in [-0.1, -0.05) is 35.3 Å². The fourth-order valence-electron chi connectivity index (χ4n) is 2.06. The summed E-state index contributed by atoms with van der Waals surface area (Å²) in [5.41, 5.74) is -0.629. The van der Waals surface area contributed by atoms with Crippen molar-refractivity contribution in [2.45, 2.75) is 4.90 Å². The van der Waals surface area contributed by atoms with Crippen LogP contribution in [0.1, 0.15) is 10.4 Å². The zero-order valence-corrected chi connectivity index (χ0v) is 14.7. The number of sulfonamides is 1. The Bertz CT molecular complexity index is 945. The average molecular weight is 404 g/mol. The molecule has 0 saturated heterocycles. The van der Waals surface area contributed by atoms with Gasteiger partial charge in [0.2, 0.25) is 0 Å². The molecular weight excluding hydrogens is 393 g/mol. The summed E-state index contributed by atoms with van der Waals surface area (Å²) in [5, 5.41) is 18.4. The Kier molecular flexibility index (Phi) is 5.56. The number of hydrogen-bond donors (Lipinski definition) is 2. The molecule has 0 aliphatic rings. The van der Waals surface area contributed by atoms with Crippen LogP contribution >= 0.6 is 23.2 Å². The quantitative estimate of drug-likeness (QED) is 0.766. The Morgan fingerprint density at radius 3 is 2.20 bits per heavy atom. The zero-order valence-electron chi connectivity index (χ0n) is 12.4. The van der Waals surface area contributed by atoms with Gasteiger partial charge in [0.25, 0.3) is 10.0 Å². The number of rotatable bonds is 6. The summed E-state index contributed by atoms with van der Waals surface area (Å²) in [6, 6.07) is 8.66. The lowest BCUT2D eigenvalue weighted by Gasteiger charge is -2.24. The highest BCUT2D eigenvalue weighted by molar-refractivity contribution is 7.92. The number of carboxylic acids is 2. The first kappa shape index (κ1) is 19.0. The summed E-state index contributed by atoms with van der Waals surface area (Å²) < 4.78 is 26.2. The molecule has 0 aromatic heterocycles. The van der Waals surface area contributed by atoms with Crippen LogP contribution in [-0.2, 0) is 14.8 Å². The smallest absolute Gasteiger partial charge is 0.337 e. The molecule has 0 unspecified atom stereocenters. The van der Waals surface area contributed by atoms with Crippen LogP contribution in [0.3, 0.4) is 0 Å². The summed E-state index contributed by atoms with van der Waals surface area (Å²) in [7, 11) is -4.40. The third-order valence-corrected chi connectivity index (χ3v) is 5.66. The minimum absolute atomic E-state index is 0.0375. The van der Waals surface area contributed by atoms with Crippen LogP contribution < -0.4 is 4.31 Å². The summed E-state index contributed by atoms with van der Waals surface area (Å²) in [6.07, 6.45) is 0. The lowest BCUT2D eigenvalue weighted by molar-refractivity contribution is -0.135. The number of aromatic carboxylic acids is 1. The maximum absolute atomic E-state index is 12.9. The third kappa shape index (κ3) is 4.04. The van der Waals surface area contributed by atoms with E-state index in [0.717, 1.165) is 12.1 Å². The van der Waals surface area contributed by atoms with Gasteiger partial charge in [-0.15, -0.1) is 0 Å². The maximum Gasteiger partial charge on any atom is 0.337 e. The second-order valence-corrected chi connectivity index (χ2v) is 7.48. The van der Waals surface area contributed by atoms with E-state index in [2.05, 4.69) is 0 Å². The number of hydrogen-bond acceptors (Lipinski definition) is 4. The molecule has 0 saturated carbocycles. The minimum Gasteiger partial charge on any atom is -0.480 e. The van der Waals surface area contributed by atoms with E-state index in [1.54, 1.807) is 0 Å². The highest BCUT2D eigenvalue weighted by Gasteiger charge is 2.30. The number of anilines is 1. The van der Waals surface area contributed by atoms with Crippen molar-refractivity contribution in [3.63, 3.8) is 0 Å². The van der Waals surface area contributed by atoms with Crippen molar-refractivity contribution < 1.29 is 28.2 Å². The lowest BCUT2D eigenvalue weighted by Crippen LogP contribution is -2.36. The SMILES string of the molecule is O=C(O)CN(c1ccccc1C(=O)O)S(=O)(=O)c1ccc(Cl)c(Cl)c1. The zero-order chi connectivity index (χ0) is 18.8. The van der Waals surface area contributed by atoms with Crippen molar-refractivity contribution in [3.8, 4) is 0 Å². The highest BCUT2D eigenvalue weighted by atomic mass is 35.5. The van der Waals surface area contributed by atoms with Gasteiger partial charge >= 0.3 is 11.9 Å². The van der Waals surface area contributed by atoms with E-state index < -0.39 is 28.5 Å². The van der Waals surface area contributed by atoms with Crippen LogP contribution in [0.5, 0.6) is 0 Å². The molecule has 0 radical (unpaired) electrons. The first-order valence-corrected chi connectivity index (χ1v) is 8.86. The van der Waals surface area contributed by atoms with Crippen LogP contribution in [0.2, 0.25) is 10.0 Å². The first-order chi connectivity index (χ1) is 11.6. The van der Waals surface area contributed by atoms with Crippen molar-refractivity contribution in [2.75, 3.05) is 10.8 Å².